The van der Waals surface area contributed by atoms with E-state index in [4.69, 9.17) is 4.74 Å². The van der Waals surface area contributed by atoms with Gasteiger partial charge in [-0.05, 0) is 6.92 Å². The summed E-state index contributed by atoms with van der Waals surface area (Å²) in [6.45, 7) is 3.86. The molecule has 1 aliphatic rings. The van der Waals surface area contributed by atoms with Gasteiger partial charge in [0.15, 0.2) is 0 Å². The quantitative estimate of drug-likeness (QED) is 0.483. The molecule has 1 N–H and O–H groups in total. The number of hydrazine groups is 1. The van der Waals surface area contributed by atoms with E-state index in [1.807, 2.05) is 6.92 Å². The molecule has 74 valence electrons. The lowest BCUT2D eigenvalue weighted by molar-refractivity contribution is -0.215. The molecular formula is C7H14N4O2. The number of nitrogens with zero attached hydrogens (tertiary/aromatic N) is 4. The minimum Gasteiger partial charge on any atom is -0.380 e. The summed E-state index contributed by atoms with van der Waals surface area (Å²) in [6.07, 6.45) is 2.96. The first-order chi connectivity index (χ1) is 6.34. The summed E-state index contributed by atoms with van der Waals surface area (Å²) in [5.41, 5.74) is 0. The molecule has 0 aromatic carbocycles. The molecule has 0 saturated carbocycles. The van der Waals surface area contributed by atoms with Crippen molar-refractivity contribution in [2.24, 2.45) is 9.98 Å². The molecule has 0 spiro atoms. The fourth-order valence-electron chi connectivity index (χ4n) is 0.862. The van der Waals surface area contributed by atoms with Crippen molar-refractivity contribution < 1.29 is 9.94 Å². The maximum atomic E-state index is 9.41. The number of hydrogen-bond donors (Lipinski definition) is 1. The van der Waals surface area contributed by atoms with Crippen LogP contribution in [-0.2, 0) is 4.74 Å². The van der Waals surface area contributed by atoms with Gasteiger partial charge >= 0.3 is 0 Å². The van der Waals surface area contributed by atoms with Crippen LogP contribution in [0.5, 0.6) is 0 Å². The summed E-state index contributed by atoms with van der Waals surface area (Å²) >= 11 is 0. The maximum absolute atomic E-state index is 9.41. The van der Waals surface area contributed by atoms with Gasteiger partial charge in [0.25, 0.3) is 0 Å². The molecule has 0 bridgehead atoms. The Bertz CT molecular complexity index is 195. The summed E-state index contributed by atoms with van der Waals surface area (Å²) in [5, 5.41) is 12.0. The van der Waals surface area contributed by atoms with Crippen molar-refractivity contribution in [3.8, 4) is 0 Å². The number of rotatable bonds is 5. The Balaban J connectivity index is 2.19. The molecular weight excluding hydrogens is 172 g/mol. The van der Waals surface area contributed by atoms with Crippen molar-refractivity contribution in [2.45, 2.75) is 6.92 Å². The Morgan fingerprint density at radius 2 is 2.54 bits per heavy atom. The standard InChI is InChI=1S/C7H14N4O2/c1-2-13-4-3-11(12)10-6-8-5-9-7-10/h5-6,12H,2-4,7H2,1H3. The average molecular weight is 186 g/mol. The molecule has 13 heavy (non-hydrogen) atoms. The molecule has 1 heterocycles. The largest absolute Gasteiger partial charge is 0.380 e. The molecule has 1 rings (SSSR count). The minimum atomic E-state index is 0.395. The van der Waals surface area contributed by atoms with Gasteiger partial charge in [-0.2, -0.15) is 0 Å². The van der Waals surface area contributed by atoms with Gasteiger partial charge in [-0.3, -0.25) is 15.2 Å². The van der Waals surface area contributed by atoms with Gasteiger partial charge in [-0.15, -0.1) is 0 Å². The summed E-state index contributed by atoms with van der Waals surface area (Å²) < 4.78 is 5.08. The highest BCUT2D eigenvalue weighted by atomic mass is 16.6. The molecule has 6 heteroatoms. The maximum Gasteiger partial charge on any atom is 0.130 e. The second-order valence-corrected chi connectivity index (χ2v) is 2.44. The van der Waals surface area contributed by atoms with Crippen molar-refractivity contribution >= 4 is 12.7 Å². The molecule has 0 aromatic heterocycles. The van der Waals surface area contributed by atoms with Crippen molar-refractivity contribution in [3.05, 3.63) is 0 Å². The fourth-order valence-corrected chi connectivity index (χ4v) is 0.862. The first-order valence-corrected chi connectivity index (χ1v) is 4.17. The molecule has 1 aliphatic heterocycles. The van der Waals surface area contributed by atoms with Crippen LogP contribution in [0.1, 0.15) is 6.92 Å². The molecule has 0 saturated heterocycles. The Hall–Kier alpha value is -0.980. The van der Waals surface area contributed by atoms with E-state index in [9.17, 15) is 5.21 Å². The lowest BCUT2D eigenvalue weighted by Gasteiger charge is -2.26. The Kier molecular flexibility index (Phi) is 4.37. The highest BCUT2D eigenvalue weighted by molar-refractivity contribution is 5.72. The lowest BCUT2D eigenvalue weighted by Crippen LogP contribution is -2.42. The summed E-state index contributed by atoms with van der Waals surface area (Å²) in [4.78, 5) is 7.64. The van der Waals surface area contributed by atoms with E-state index in [2.05, 4.69) is 9.98 Å². The van der Waals surface area contributed by atoms with E-state index in [0.717, 1.165) is 5.17 Å². The van der Waals surface area contributed by atoms with Gasteiger partial charge in [0.05, 0.1) is 13.2 Å². The van der Waals surface area contributed by atoms with E-state index < -0.39 is 0 Å². The van der Waals surface area contributed by atoms with Crippen molar-refractivity contribution in [1.82, 2.24) is 10.2 Å². The van der Waals surface area contributed by atoms with Crippen molar-refractivity contribution in [2.75, 3.05) is 26.4 Å². The molecule has 0 radical (unpaired) electrons. The number of ether oxygens (including phenoxy) is 1. The summed E-state index contributed by atoms with van der Waals surface area (Å²) in [7, 11) is 0. The van der Waals surface area contributed by atoms with Crippen LogP contribution >= 0.6 is 0 Å². The van der Waals surface area contributed by atoms with Crippen LogP contribution in [0.15, 0.2) is 9.98 Å². The highest BCUT2D eigenvalue weighted by Gasteiger charge is 2.09. The zero-order valence-electron chi connectivity index (χ0n) is 7.63. The van der Waals surface area contributed by atoms with Crippen LogP contribution in [-0.4, -0.2) is 54.5 Å². The monoisotopic (exact) mass is 186 g/mol. The molecule has 0 fully saturated rings. The second kappa shape index (κ2) is 5.63. The van der Waals surface area contributed by atoms with Crippen LogP contribution in [0.2, 0.25) is 0 Å². The normalized spacial score (nSPS) is 15.8. The fraction of sp³-hybridized carbons (Fsp3) is 0.714. The second-order valence-electron chi connectivity index (χ2n) is 2.44. The van der Waals surface area contributed by atoms with Crippen LogP contribution in [0, 0.1) is 0 Å². The van der Waals surface area contributed by atoms with Gasteiger partial charge < -0.3 is 4.74 Å². The van der Waals surface area contributed by atoms with E-state index in [-0.39, 0.29) is 0 Å². The number of hydroxylamine groups is 1. The third kappa shape index (κ3) is 3.49. The minimum absolute atomic E-state index is 0.395. The first-order valence-electron chi connectivity index (χ1n) is 4.17. The van der Waals surface area contributed by atoms with Crippen molar-refractivity contribution in [1.29, 1.82) is 0 Å². The third-order valence-electron chi connectivity index (χ3n) is 1.51. The highest BCUT2D eigenvalue weighted by Crippen LogP contribution is 1.94. The van der Waals surface area contributed by atoms with Crippen molar-refractivity contribution in [3.63, 3.8) is 0 Å². The molecule has 0 aliphatic carbocycles. The first kappa shape index (κ1) is 10.1. The zero-order valence-corrected chi connectivity index (χ0v) is 7.63. The number of hydrogen-bond acceptors (Lipinski definition) is 6. The van der Waals surface area contributed by atoms with Gasteiger partial charge in [0.1, 0.15) is 19.3 Å². The molecule has 0 aromatic rings. The van der Waals surface area contributed by atoms with Gasteiger partial charge in [-0.25, -0.2) is 4.99 Å². The summed E-state index contributed by atoms with van der Waals surface area (Å²) in [5.74, 6) is 0. The van der Waals surface area contributed by atoms with Gasteiger partial charge in [0, 0.05) is 6.61 Å². The molecule has 0 atom stereocenters. The topological polar surface area (TPSA) is 60.7 Å². The lowest BCUT2D eigenvalue weighted by atomic mass is 10.7. The SMILES string of the molecule is CCOCCN(O)N1C=NC=NC1. The molecule has 0 unspecified atom stereocenters. The van der Waals surface area contributed by atoms with Crippen LogP contribution in [0.4, 0.5) is 0 Å². The predicted octanol–water partition coefficient (Wildman–Crippen LogP) is -0.0412. The van der Waals surface area contributed by atoms with Crippen LogP contribution < -0.4 is 0 Å². The van der Waals surface area contributed by atoms with E-state index in [1.165, 1.54) is 17.7 Å². The van der Waals surface area contributed by atoms with E-state index in [0.29, 0.717) is 26.4 Å². The Morgan fingerprint density at radius 1 is 1.69 bits per heavy atom. The van der Waals surface area contributed by atoms with Gasteiger partial charge in [0.2, 0.25) is 0 Å². The predicted molar refractivity (Wildman–Crippen MR) is 48.7 cm³/mol. The zero-order chi connectivity index (χ0) is 9.52. The Labute approximate surface area is 77.1 Å². The summed E-state index contributed by atoms with van der Waals surface area (Å²) in [6, 6.07) is 0. The van der Waals surface area contributed by atoms with Crippen LogP contribution in [0.3, 0.4) is 0 Å². The van der Waals surface area contributed by atoms with Gasteiger partial charge in [-0.1, -0.05) is 5.17 Å². The molecule has 6 nitrogen and oxygen atoms in total. The molecule has 0 amide bonds. The van der Waals surface area contributed by atoms with Crippen LogP contribution in [0.25, 0.3) is 0 Å². The number of aliphatic imine (C=N–C) groups is 2. The third-order valence-corrected chi connectivity index (χ3v) is 1.51. The average Bonchev–Trinajstić information content (AvgIpc) is 2.19. The smallest absolute Gasteiger partial charge is 0.130 e. The van der Waals surface area contributed by atoms with E-state index >= 15 is 0 Å². The Morgan fingerprint density at radius 3 is 3.15 bits per heavy atom. The van der Waals surface area contributed by atoms with E-state index in [1.54, 1.807) is 0 Å².